The molecule has 5 rings (SSSR count). The van der Waals surface area contributed by atoms with Crippen LogP contribution in [0.2, 0.25) is 0 Å². The van der Waals surface area contributed by atoms with Crippen LogP contribution in [0.15, 0.2) is 84.8 Å². The van der Waals surface area contributed by atoms with E-state index in [2.05, 4.69) is 0 Å². The van der Waals surface area contributed by atoms with Crippen LogP contribution in [0.5, 0.6) is 11.5 Å². The zero-order chi connectivity index (χ0) is 22.8. The van der Waals surface area contributed by atoms with Gasteiger partial charge in [-0.25, -0.2) is 8.78 Å². The summed E-state index contributed by atoms with van der Waals surface area (Å²) in [5, 5.41) is 0. The molecule has 0 saturated carbocycles. The average Bonchev–Trinajstić information content (AvgIpc) is 2.86. The van der Waals surface area contributed by atoms with Crippen molar-refractivity contribution in [1.82, 2.24) is 4.90 Å². The van der Waals surface area contributed by atoms with Crippen molar-refractivity contribution in [3.05, 3.63) is 108 Å². The van der Waals surface area contributed by atoms with Gasteiger partial charge in [0, 0.05) is 19.0 Å². The molecule has 6 heteroatoms. The monoisotopic (exact) mass is 447 g/mol. The number of ether oxygens (including phenoxy) is 2. The van der Waals surface area contributed by atoms with E-state index < -0.39 is 0 Å². The maximum absolute atomic E-state index is 13.5. The third-order valence-electron chi connectivity index (χ3n) is 6.33. The first kappa shape index (κ1) is 21.2. The Labute approximate surface area is 191 Å². The molecule has 1 fully saturated rings. The smallest absolute Gasteiger partial charge is 0.292 e. The number of nitrogens with zero attached hydrogens (tertiary/aromatic N) is 1. The van der Waals surface area contributed by atoms with Gasteiger partial charge in [0.1, 0.15) is 17.9 Å². The highest BCUT2D eigenvalue weighted by molar-refractivity contribution is 5.92. The highest BCUT2D eigenvalue weighted by Crippen LogP contribution is 2.39. The van der Waals surface area contributed by atoms with Crippen LogP contribution in [0.4, 0.5) is 8.78 Å². The Bertz CT molecular complexity index is 1120. The zero-order valence-corrected chi connectivity index (χ0v) is 17.9. The summed E-state index contributed by atoms with van der Waals surface area (Å²) < 4.78 is 38.4. The van der Waals surface area contributed by atoms with E-state index in [0.717, 1.165) is 24.0 Å². The Morgan fingerprint density at radius 2 is 1.36 bits per heavy atom. The lowest BCUT2D eigenvalue weighted by atomic mass is 9.76. The summed E-state index contributed by atoms with van der Waals surface area (Å²) in [6.07, 6.45) is 2.88. The summed E-state index contributed by atoms with van der Waals surface area (Å²) in [5.74, 6) is 0.694. The quantitative estimate of drug-likeness (QED) is 0.519. The van der Waals surface area contributed by atoms with Crippen molar-refractivity contribution in [3.8, 4) is 11.5 Å². The average molecular weight is 447 g/mol. The Hall–Kier alpha value is -3.67. The normalized spacial score (nSPS) is 16.0. The molecule has 0 unspecified atom stereocenters. The van der Waals surface area contributed by atoms with Gasteiger partial charge in [-0.1, -0.05) is 36.4 Å². The number of para-hydroxylation sites is 2. The number of carbonyl (C=O) groups excluding carboxylic acids is 1. The summed E-state index contributed by atoms with van der Waals surface area (Å²) in [6.45, 7) is 1.12. The second-order valence-corrected chi connectivity index (χ2v) is 8.36. The van der Waals surface area contributed by atoms with E-state index in [1.54, 1.807) is 41.3 Å². The number of likely N-dealkylation sites (tertiary alicyclic amines) is 1. The van der Waals surface area contributed by atoms with Crippen LogP contribution in [0, 0.1) is 17.6 Å². The summed E-state index contributed by atoms with van der Waals surface area (Å²) in [4.78, 5) is 14.8. The largest absolute Gasteiger partial charge is 0.457 e. The van der Waals surface area contributed by atoms with Crippen LogP contribution in [0.3, 0.4) is 0 Å². The minimum absolute atomic E-state index is 0.0104. The fourth-order valence-electron chi connectivity index (χ4n) is 4.65. The van der Waals surface area contributed by atoms with Crippen molar-refractivity contribution >= 4 is 5.91 Å². The maximum atomic E-state index is 13.5. The van der Waals surface area contributed by atoms with Gasteiger partial charge in [-0.15, -0.1) is 0 Å². The summed E-state index contributed by atoms with van der Waals surface area (Å²) in [5.41, 5.74) is 1.97. The van der Waals surface area contributed by atoms with Crippen molar-refractivity contribution in [3.63, 3.8) is 0 Å². The van der Waals surface area contributed by atoms with Gasteiger partial charge in [-0.2, -0.15) is 0 Å². The number of hydrogen-bond acceptors (Lipinski definition) is 3. The third kappa shape index (κ3) is 4.46. The van der Waals surface area contributed by atoms with E-state index in [0.29, 0.717) is 24.6 Å². The van der Waals surface area contributed by atoms with E-state index in [9.17, 15) is 13.6 Å². The number of rotatable bonds is 4. The van der Waals surface area contributed by atoms with Gasteiger partial charge in [0.05, 0.1) is 0 Å². The molecule has 3 aromatic rings. The van der Waals surface area contributed by atoms with Crippen molar-refractivity contribution < 1.29 is 23.0 Å². The minimum Gasteiger partial charge on any atom is -0.457 e. The molecule has 4 nitrogen and oxygen atoms in total. The van der Waals surface area contributed by atoms with Gasteiger partial charge in [0.25, 0.3) is 5.91 Å². The molecule has 0 aliphatic carbocycles. The Balaban J connectivity index is 1.31. The van der Waals surface area contributed by atoms with Crippen LogP contribution in [-0.4, -0.2) is 23.9 Å². The summed E-state index contributed by atoms with van der Waals surface area (Å²) in [6, 6.07) is 20.2. The van der Waals surface area contributed by atoms with Crippen molar-refractivity contribution in [1.29, 1.82) is 0 Å². The Morgan fingerprint density at radius 1 is 0.818 bits per heavy atom. The van der Waals surface area contributed by atoms with Crippen LogP contribution in [-0.2, 0) is 4.79 Å². The second kappa shape index (κ2) is 9.06. The van der Waals surface area contributed by atoms with Gasteiger partial charge >= 0.3 is 0 Å². The topological polar surface area (TPSA) is 38.8 Å². The van der Waals surface area contributed by atoms with Gasteiger partial charge < -0.3 is 14.4 Å². The lowest BCUT2D eigenvalue weighted by Crippen LogP contribution is -2.41. The number of carbonyl (C=O) groups is 1. The predicted molar refractivity (Wildman–Crippen MR) is 120 cm³/mol. The molecule has 0 aromatic heterocycles. The number of fused-ring (bicyclic) bond motifs is 1. The maximum Gasteiger partial charge on any atom is 0.292 e. The molecule has 33 heavy (non-hydrogen) atoms. The molecule has 0 bridgehead atoms. The molecule has 0 spiro atoms. The molecule has 2 aliphatic heterocycles. The molecule has 0 radical (unpaired) electrons. The zero-order valence-electron chi connectivity index (χ0n) is 17.9. The molecule has 1 amide bonds. The summed E-state index contributed by atoms with van der Waals surface area (Å²) in [7, 11) is 0. The second-order valence-electron chi connectivity index (χ2n) is 8.36. The highest BCUT2D eigenvalue weighted by Gasteiger charge is 2.33. The standard InChI is InChI=1S/C27H23F2NO3/c28-21-9-5-18(6-10-21)26(19-7-11-22(29)12-8-19)20-13-15-30(16-14-20)27(31)25-17-32-23-3-1-2-4-24(23)33-25/h1-12,17,20,26H,13-16H2. The molecule has 0 N–H and O–H groups in total. The molecule has 2 aliphatic rings. The van der Waals surface area contributed by atoms with Crippen molar-refractivity contribution in [2.45, 2.75) is 18.8 Å². The molecule has 168 valence electrons. The first-order valence-electron chi connectivity index (χ1n) is 11.0. The van der Waals surface area contributed by atoms with Gasteiger partial charge in [-0.05, 0) is 66.3 Å². The van der Waals surface area contributed by atoms with Gasteiger partial charge in [-0.3, -0.25) is 4.79 Å². The SMILES string of the molecule is O=C(C1=COc2ccccc2O1)N1CCC(C(c2ccc(F)cc2)c2ccc(F)cc2)CC1. The number of amides is 1. The van der Waals surface area contributed by atoms with E-state index in [1.165, 1.54) is 30.5 Å². The van der Waals surface area contributed by atoms with Crippen molar-refractivity contribution in [2.24, 2.45) is 5.92 Å². The molecule has 2 heterocycles. The van der Waals surface area contributed by atoms with E-state index in [-0.39, 0.29) is 35.1 Å². The predicted octanol–water partition coefficient (Wildman–Crippen LogP) is 5.65. The lowest BCUT2D eigenvalue weighted by molar-refractivity contribution is -0.131. The fraction of sp³-hybridized carbons (Fsp3) is 0.222. The highest BCUT2D eigenvalue weighted by atomic mass is 19.1. The van der Waals surface area contributed by atoms with E-state index in [4.69, 9.17) is 9.47 Å². The van der Waals surface area contributed by atoms with Crippen LogP contribution < -0.4 is 9.47 Å². The molecule has 3 aromatic carbocycles. The van der Waals surface area contributed by atoms with Crippen LogP contribution >= 0.6 is 0 Å². The number of piperidine rings is 1. The first-order valence-corrected chi connectivity index (χ1v) is 11.0. The van der Waals surface area contributed by atoms with Crippen LogP contribution in [0.1, 0.15) is 29.9 Å². The Morgan fingerprint density at radius 3 is 1.94 bits per heavy atom. The van der Waals surface area contributed by atoms with Crippen LogP contribution in [0.25, 0.3) is 0 Å². The Kier molecular flexibility index (Phi) is 5.82. The lowest BCUT2D eigenvalue weighted by Gasteiger charge is -2.37. The fourth-order valence-corrected chi connectivity index (χ4v) is 4.65. The number of benzene rings is 3. The molecule has 0 atom stereocenters. The van der Waals surface area contributed by atoms with Gasteiger partial charge in [0.2, 0.25) is 5.76 Å². The third-order valence-corrected chi connectivity index (χ3v) is 6.33. The van der Waals surface area contributed by atoms with E-state index >= 15 is 0 Å². The minimum atomic E-state index is -0.290. The summed E-state index contributed by atoms with van der Waals surface area (Å²) >= 11 is 0. The molecule has 1 saturated heterocycles. The molecular weight excluding hydrogens is 424 g/mol. The van der Waals surface area contributed by atoms with Gasteiger partial charge in [0.15, 0.2) is 11.5 Å². The van der Waals surface area contributed by atoms with Crippen molar-refractivity contribution in [2.75, 3.05) is 13.1 Å². The number of halogens is 2. The number of hydrogen-bond donors (Lipinski definition) is 0. The molecular formula is C27H23F2NO3. The first-order chi connectivity index (χ1) is 16.1. The van der Waals surface area contributed by atoms with E-state index in [1.807, 2.05) is 12.1 Å².